The number of para-hydroxylation sites is 1. The Morgan fingerprint density at radius 1 is 1.21 bits per heavy atom. The van der Waals surface area contributed by atoms with Gasteiger partial charge in [0.1, 0.15) is 25.1 Å². The average molecular weight is 348 g/mol. The molecule has 1 atom stereocenters. The molecule has 9 heteroatoms. The first kappa shape index (κ1) is 19.5. The Bertz CT molecular complexity index is 585. The summed E-state index contributed by atoms with van der Waals surface area (Å²) in [5.41, 5.74) is -0.0209. The number of rotatable bonds is 8. The number of alkyl halides is 3. The number of aliphatic hydroxyl groups is 1. The Kier molecular flexibility index (Phi) is 7.25. The summed E-state index contributed by atoms with van der Waals surface area (Å²) in [6.45, 7) is 2.27. The largest absolute Gasteiger partial charge is 0.573 e. The first-order chi connectivity index (χ1) is 11.2. The van der Waals surface area contributed by atoms with E-state index in [1.807, 2.05) is 0 Å². The molecular formula is C15H15F3O6. The maximum Gasteiger partial charge on any atom is 0.573 e. The standard InChI is InChI=1S/C15H15F3O6/c1-2-13(20)22-8-11(19)9-23-14(21)7-10-5-3-4-6-12(10)24-15(16,17)18/h2-6,11,19H,1,7-9H2. The number of ether oxygens (including phenoxy) is 3. The molecule has 0 spiro atoms. The van der Waals surface area contributed by atoms with Gasteiger partial charge in [-0.2, -0.15) is 0 Å². The van der Waals surface area contributed by atoms with Crippen molar-refractivity contribution in [1.82, 2.24) is 0 Å². The van der Waals surface area contributed by atoms with Gasteiger partial charge in [-0.15, -0.1) is 13.2 Å². The maximum absolute atomic E-state index is 12.3. The molecule has 0 aliphatic rings. The summed E-state index contributed by atoms with van der Waals surface area (Å²) in [5, 5.41) is 9.45. The van der Waals surface area contributed by atoms with Crippen LogP contribution in [0.2, 0.25) is 0 Å². The third-order valence-electron chi connectivity index (χ3n) is 2.55. The van der Waals surface area contributed by atoms with Gasteiger partial charge in [0.25, 0.3) is 0 Å². The summed E-state index contributed by atoms with van der Waals surface area (Å²) in [6, 6.07) is 5.12. The van der Waals surface area contributed by atoms with Crippen LogP contribution in [0.3, 0.4) is 0 Å². The van der Waals surface area contributed by atoms with Gasteiger partial charge < -0.3 is 19.3 Å². The van der Waals surface area contributed by atoms with Gasteiger partial charge in [-0.05, 0) is 6.07 Å². The van der Waals surface area contributed by atoms with Crippen molar-refractivity contribution in [2.45, 2.75) is 18.9 Å². The zero-order valence-corrected chi connectivity index (χ0v) is 12.4. The summed E-state index contributed by atoms with van der Waals surface area (Å²) in [6.07, 6.45) is -5.73. The molecule has 1 N–H and O–H groups in total. The van der Waals surface area contributed by atoms with Crippen LogP contribution in [0.5, 0.6) is 5.75 Å². The molecule has 6 nitrogen and oxygen atoms in total. The van der Waals surface area contributed by atoms with E-state index < -0.39 is 49.8 Å². The van der Waals surface area contributed by atoms with Gasteiger partial charge in [0.2, 0.25) is 0 Å². The zero-order chi connectivity index (χ0) is 18.2. The molecule has 0 aliphatic carbocycles. The molecular weight excluding hydrogens is 333 g/mol. The minimum atomic E-state index is -4.88. The molecule has 0 aromatic heterocycles. The molecule has 0 saturated carbocycles. The smallest absolute Gasteiger partial charge is 0.463 e. The van der Waals surface area contributed by atoms with Crippen LogP contribution in [0.1, 0.15) is 5.56 Å². The molecule has 0 saturated heterocycles. The molecule has 1 unspecified atom stereocenters. The van der Waals surface area contributed by atoms with Gasteiger partial charge in [0.05, 0.1) is 6.42 Å². The molecule has 0 radical (unpaired) electrons. The van der Waals surface area contributed by atoms with Crippen molar-refractivity contribution in [2.24, 2.45) is 0 Å². The summed E-state index contributed by atoms with van der Waals surface area (Å²) < 4.78 is 49.9. The predicted molar refractivity (Wildman–Crippen MR) is 75.0 cm³/mol. The van der Waals surface area contributed by atoms with Crippen LogP contribution in [-0.2, 0) is 25.5 Å². The second-order valence-corrected chi connectivity index (χ2v) is 4.50. The lowest BCUT2D eigenvalue weighted by molar-refractivity contribution is -0.275. The Hall–Kier alpha value is -2.55. The van der Waals surface area contributed by atoms with E-state index in [0.717, 1.165) is 12.1 Å². The summed E-state index contributed by atoms with van der Waals surface area (Å²) in [7, 11) is 0. The van der Waals surface area contributed by atoms with Crippen molar-refractivity contribution in [3.05, 3.63) is 42.5 Å². The van der Waals surface area contributed by atoms with Crippen molar-refractivity contribution in [1.29, 1.82) is 0 Å². The van der Waals surface area contributed by atoms with Gasteiger partial charge >= 0.3 is 18.3 Å². The lowest BCUT2D eigenvalue weighted by Gasteiger charge is -2.14. The summed E-state index contributed by atoms with van der Waals surface area (Å²) >= 11 is 0. The third-order valence-corrected chi connectivity index (χ3v) is 2.55. The highest BCUT2D eigenvalue weighted by atomic mass is 19.4. The Labute approximate surface area is 135 Å². The number of halogens is 3. The number of esters is 2. The normalized spacial score (nSPS) is 12.2. The Morgan fingerprint density at radius 2 is 1.83 bits per heavy atom. The van der Waals surface area contributed by atoms with E-state index in [2.05, 4.69) is 16.1 Å². The highest BCUT2D eigenvalue weighted by Crippen LogP contribution is 2.26. The number of benzene rings is 1. The lowest BCUT2D eigenvalue weighted by atomic mass is 10.1. The van der Waals surface area contributed by atoms with Gasteiger partial charge in [-0.3, -0.25) is 4.79 Å². The van der Waals surface area contributed by atoms with Gasteiger partial charge in [-0.25, -0.2) is 4.79 Å². The highest BCUT2D eigenvalue weighted by Gasteiger charge is 2.32. The van der Waals surface area contributed by atoms with Crippen LogP contribution in [-0.4, -0.2) is 42.7 Å². The topological polar surface area (TPSA) is 82.1 Å². The number of hydrogen-bond acceptors (Lipinski definition) is 6. The molecule has 132 valence electrons. The highest BCUT2D eigenvalue weighted by molar-refractivity contribution is 5.81. The van der Waals surface area contributed by atoms with Crippen LogP contribution >= 0.6 is 0 Å². The van der Waals surface area contributed by atoms with E-state index in [1.54, 1.807) is 0 Å². The minimum Gasteiger partial charge on any atom is -0.463 e. The van der Waals surface area contributed by atoms with Crippen molar-refractivity contribution < 1.29 is 42.1 Å². The van der Waals surface area contributed by atoms with E-state index in [-0.39, 0.29) is 5.56 Å². The van der Waals surface area contributed by atoms with Crippen LogP contribution in [0.4, 0.5) is 13.2 Å². The molecule has 24 heavy (non-hydrogen) atoms. The third kappa shape index (κ3) is 7.63. The molecule has 1 aromatic carbocycles. The fourth-order valence-electron chi connectivity index (χ4n) is 1.56. The van der Waals surface area contributed by atoms with E-state index in [0.29, 0.717) is 0 Å². The summed E-state index contributed by atoms with van der Waals surface area (Å²) in [4.78, 5) is 22.4. The first-order valence-electron chi connectivity index (χ1n) is 6.68. The van der Waals surface area contributed by atoms with E-state index in [9.17, 15) is 27.9 Å². The van der Waals surface area contributed by atoms with Gasteiger partial charge in [0, 0.05) is 11.6 Å². The Morgan fingerprint density at radius 3 is 2.46 bits per heavy atom. The van der Waals surface area contributed by atoms with Crippen molar-refractivity contribution in [3.8, 4) is 5.75 Å². The van der Waals surface area contributed by atoms with Gasteiger partial charge in [-0.1, -0.05) is 24.8 Å². The zero-order valence-electron chi connectivity index (χ0n) is 12.4. The van der Waals surface area contributed by atoms with Crippen LogP contribution in [0.25, 0.3) is 0 Å². The molecule has 0 amide bonds. The van der Waals surface area contributed by atoms with Crippen molar-refractivity contribution >= 4 is 11.9 Å². The SMILES string of the molecule is C=CC(=O)OCC(O)COC(=O)Cc1ccccc1OC(F)(F)F. The molecule has 0 bridgehead atoms. The fourth-order valence-corrected chi connectivity index (χ4v) is 1.56. The molecule has 0 heterocycles. The Balaban J connectivity index is 2.51. The number of carbonyl (C=O) groups is 2. The first-order valence-corrected chi connectivity index (χ1v) is 6.68. The monoisotopic (exact) mass is 348 g/mol. The van der Waals surface area contributed by atoms with Crippen molar-refractivity contribution in [3.63, 3.8) is 0 Å². The van der Waals surface area contributed by atoms with Crippen molar-refractivity contribution in [2.75, 3.05) is 13.2 Å². The molecule has 0 aliphatic heterocycles. The van der Waals surface area contributed by atoms with Crippen LogP contribution in [0, 0.1) is 0 Å². The van der Waals surface area contributed by atoms with Gasteiger partial charge in [0.15, 0.2) is 0 Å². The number of hydrogen-bond donors (Lipinski definition) is 1. The second kappa shape index (κ2) is 8.92. The predicted octanol–water partition coefficient (Wildman–Crippen LogP) is 1.76. The van der Waals surface area contributed by atoms with Crippen LogP contribution < -0.4 is 4.74 Å². The van der Waals surface area contributed by atoms with E-state index >= 15 is 0 Å². The quantitative estimate of drug-likeness (QED) is 0.569. The minimum absolute atomic E-state index is 0.0209. The number of aliphatic hydroxyl groups excluding tert-OH is 1. The molecule has 1 rings (SSSR count). The lowest BCUT2D eigenvalue weighted by Crippen LogP contribution is -2.25. The van der Waals surface area contributed by atoms with E-state index in [4.69, 9.17) is 4.74 Å². The second-order valence-electron chi connectivity index (χ2n) is 4.50. The average Bonchev–Trinajstić information content (AvgIpc) is 2.51. The summed E-state index contributed by atoms with van der Waals surface area (Å²) in [5.74, 6) is -2.14. The fraction of sp³-hybridized carbons (Fsp3) is 0.333. The van der Waals surface area contributed by atoms with Crippen LogP contribution in [0.15, 0.2) is 36.9 Å². The molecule has 1 aromatic rings. The number of carbonyl (C=O) groups excluding carboxylic acids is 2. The van der Waals surface area contributed by atoms with E-state index in [1.165, 1.54) is 18.2 Å². The molecule has 0 fully saturated rings. The maximum atomic E-state index is 12.3.